The molecule has 3 heterocycles. The average Bonchev–Trinajstić information content (AvgIpc) is 3.95. The third-order valence-electron chi connectivity index (χ3n) is 12.3. The maximum Gasteiger partial charge on any atom is 0.137 e. The zero-order valence-electron chi connectivity index (χ0n) is 48.9. The van der Waals surface area contributed by atoms with E-state index >= 15 is 0 Å². The molecule has 63 heavy (non-hydrogen) atoms. The Morgan fingerprint density at radius 2 is 1.22 bits per heavy atom. The molecule has 2 aromatic heterocycles. The van der Waals surface area contributed by atoms with Crippen LogP contribution in [0, 0.1) is 13.8 Å². The number of aromatic nitrogens is 2. The second kappa shape index (κ2) is 15.5. The largest absolute Gasteiger partial charge is 0.321 e. The van der Waals surface area contributed by atoms with E-state index in [0.717, 1.165) is 55.5 Å². The van der Waals surface area contributed by atoms with Crippen LogP contribution in [0.4, 0.5) is 22.7 Å². The van der Waals surface area contributed by atoms with Gasteiger partial charge >= 0.3 is 0 Å². The quantitative estimate of drug-likeness (QED) is 0.160. The molecule has 4 heteroatoms. The third-order valence-corrected chi connectivity index (χ3v) is 12.3. The minimum Gasteiger partial charge on any atom is -0.321 e. The highest BCUT2D eigenvalue weighted by molar-refractivity contribution is 6.11. The lowest BCUT2D eigenvalue weighted by Crippen LogP contribution is -2.25. The smallest absolute Gasteiger partial charge is 0.137 e. The minimum atomic E-state index is -0.610. The normalized spacial score (nSPS) is 15.7. The number of pyridine rings is 1. The fraction of sp³-hybridized carbons (Fsp3) is 0.203. The van der Waals surface area contributed by atoms with E-state index in [1.807, 2.05) is 86.6 Å². The van der Waals surface area contributed by atoms with Crippen molar-refractivity contribution in [3.8, 4) is 28.1 Å². The first-order chi connectivity index (χ1) is 35.3. The molecule has 0 amide bonds. The highest BCUT2D eigenvalue weighted by Crippen LogP contribution is 2.51. The molecule has 0 fully saturated rings. The molecule has 0 N–H and O–H groups in total. The predicted molar refractivity (Wildman–Crippen MR) is 268 cm³/mol. The van der Waals surface area contributed by atoms with E-state index in [2.05, 4.69) is 62.1 Å². The number of para-hydroxylation sites is 2. The van der Waals surface area contributed by atoms with Gasteiger partial charge in [0.05, 0.1) is 44.5 Å². The Bertz CT molecular complexity index is 3740. The molecule has 4 nitrogen and oxygen atoms in total. The van der Waals surface area contributed by atoms with Crippen LogP contribution in [0.5, 0.6) is 0 Å². The van der Waals surface area contributed by atoms with Crippen molar-refractivity contribution in [3.05, 3.63) is 203 Å². The summed E-state index contributed by atoms with van der Waals surface area (Å²) in [7, 11) is 0. The van der Waals surface area contributed by atoms with Crippen molar-refractivity contribution < 1.29 is 16.4 Å². The number of rotatable bonds is 7. The van der Waals surface area contributed by atoms with Crippen LogP contribution >= 0.6 is 0 Å². The molecule has 312 valence electrons. The Hall–Kier alpha value is -6.91. The summed E-state index contributed by atoms with van der Waals surface area (Å²) in [6.07, 6.45) is 2.34. The van der Waals surface area contributed by atoms with Crippen LogP contribution in [0.25, 0.3) is 49.9 Å². The van der Waals surface area contributed by atoms with Gasteiger partial charge in [-0.25, -0.2) is 4.98 Å². The monoisotopic (exact) mass is 833 g/mol. The summed E-state index contributed by atoms with van der Waals surface area (Å²) >= 11 is 0. The van der Waals surface area contributed by atoms with Crippen LogP contribution in [-0.4, -0.2) is 16.2 Å². The molecule has 1 aliphatic heterocycles. The van der Waals surface area contributed by atoms with Gasteiger partial charge in [0.1, 0.15) is 12.5 Å². The molecule has 10 rings (SSSR count). The van der Waals surface area contributed by atoms with Gasteiger partial charge in [0.15, 0.2) is 0 Å². The number of nitrogens with zero attached hydrogens (tertiary/aromatic N) is 4. The van der Waals surface area contributed by atoms with E-state index in [1.54, 1.807) is 18.3 Å². The van der Waals surface area contributed by atoms with Gasteiger partial charge in [-0.05, 0) is 136 Å². The first-order valence-electron chi connectivity index (χ1n) is 27.4. The van der Waals surface area contributed by atoms with Gasteiger partial charge in [-0.15, -0.1) is 0 Å². The Morgan fingerprint density at radius 3 is 1.87 bits per heavy atom. The van der Waals surface area contributed by atoms with Crippen LogP contribution in [0.15, 0.2) is 170 Å². The molecule has 0 saturated carbocycles. The summed E-state index contributed by atoms with van der Waals surface area (Å²) in [6.45, 7) is 16.4. The molecular formula is C59H56N4. The Morgan fingerprint density at radius 1 is 0.587 bits per heavy atom. The van der Waals surface area contributed by atoms with Gasteiger partial charge in [-0.2, -0.15) is 0 Å². The Balaban J connectivity index is 1.14. The van der Waals surface area contributed by atoms with E-state index in [-0.39, 0.29) is 46.4 Å². The molecule has 0 unspecified atom stereocenters. The minimum absolute atomic E-state index is 0.0771. The number of anilines is 4. The topological polar surface area (TPSA) is 24.3 Å². The Kier molecular flexibility index (Phi) is 7.03. The number of benzene rings is 7. The summed E-state index contributed by atoms with van der Waals surface area (Å²) in [5, 5.41) is 1.89. The Labute approximate surface area is 390 Å². The highest BCUT2D eigenvalue weighted by Gasteiger charge is 2.32. The van der Waals surface area contributed by atoms with Gasteiger partial charge in [0.25, 0.3) is 0 Å². The van der Waals surface area contributed by atoms with Gasteiger partial charge in [-0.1, -0.05) is 144 Å². The van der Waals surface area contributed by atoms with Gasteiger partial charge in [0.2, 0.25) is 0 Å². The standard InChI is InChI=1S/C59H56N4/c1-39-26-29-53-56(40(39)2)48-28-27-42(34-54(48)63(53)55-37-45(30-31-60-55)58(3,4)5)32-41-18-17-23-47(33-41)61-38-62(52-25-16-15-24-51(52)61)57-49(43-19-11-9-12-20-43)35-46(59(6,7)8)36-50(57)44-21-13-10-14-22-44/h9-31,33-37H,32,38H2,1-8H3/i9D,10D,11D,12D,13D,14D,19D,20D,21D,22D,26D,29D. The summed E-state index contributed by atoms with van der Waals surface area (Å²) in [6, 6.07) is 25.4. The summed E-state index contributed by atoms with van der Waals surface area (Å²) in [4.78, 5) is 8.92. The van der Waals surface area contributed by atoms with Crippen molar-refractivity contribution >= 4 is 44.6 Å². The van der Waals surface area contributed by atoms with Crippen molar-refractivity contribution in [2.75, 3.05) is 16.5 Å². The van der Waals surface area contributed by atoms with E-state index in [4.69, 9.17) is 14.6 Å². The third kappa shape index (κ3) is 7.28. The lowest BCUT2D eigenvalue weighted by molar-refractivity contribution is 0.588. The number of aryl methyl sites for hydroxylation is 1. The zero-order chi connectivity index (χ0) is 54.1. The van der Waals surface area contributed by atoms with Crippen molar-refractivity contribution in [2.45, 2.75) is 72.6 Å². The second-order valence-electron chi connectivity index (χ2n) is 18.6. The van der Waals surface area contributed by atoms with E-state index in [0.29, 0.717) is 34.7 Å². The molecule has 0 aliphatic carbocycles. The van der Waals surface area contributed by atoms with Gasteiger partial charge in [-0.3, -0.25) is 4.57 Å². The maximum atomic E-state index is 9.29. The van der Waals surface area contributed by atoms with Crippen LogP contribution in [0.1, 0.15) is 91.4 Å². The van der Waals surface area contributed by atoms with Crippen molar-refractivity contribution in [1.29, 1.82) is 0 Å². The van der Waals surface area contributed by atoms with Crippen molar-refractivity contribution in [3.63, 3.8) is 0 Å². The average molecular weight is 833 g/mol. The van der Waals surface area contributed by atoms with Crippen LogP contribution in [0.3, 0.4) is 0 Å². The number of fused-ring (bicyclic) bond motifs is 4. The molecular weight excluding hydrogens is 765 g/mol. The molecule has 0 saturated heterocycles. The van der Waals surface area contributed by atoms with E-state index in [9.17, 15) is 6.85 Å². The molecule has 0 spiro atoms. The van der Waals surface area contributed by atoms with Crippen LogP contribution in [-0.2, 0) is 17.3 Å². The number of hydrogen-bond donors (Lipinski definition) is 0. The van der Waals surface area contributed by atoms with Crippen molar-refractivity contribution in [2.24, 2.45) is 0 Å². The molecule has 9 aromatic rings. The molecule has 1 aliphatic rings. The SMILES string of the molecule is [2H]c1c([2H])c([2H])c(-c2cc(C(C)(C)C)cc(-c3c([2H])c([2H])c([2H])c([2H])c3[2H])c2N2CN(c3cccc(Cc4ccc5c6c(C)c(C)c([2H])c([2H])c6n(-c6cc(C(C)(C)C)ccn6)c5c4)c3)c3ccccc32)c([2H])c1[2H]. The second-order valence-corrected chi connectivity index (χ2v) is 18.6. The van der Waals surface area contributed by atoms with E-state index < -0.39 is 65.8 Å². The summed E-state index contributed by atoms with van der Waals surface area (Å²) in [5.74, 6) is 0.674. The predicted octanol–water partition coefficient (Wildman–Crippen LogP) is 15.6. The van der Waals surface area contributed by atoms with Crippen LogP contribution < -0.4 is 9.80 Å². The molecule has 7 aromatic carbocycles. The van der Waals surface area contributed by atoms with E-state index in [1.165, 1.54) is 0 Å². The highest BCUT2D eigenvalue weighted by atomic mass is 15.4. The molecule has 0 bridgehead atoms. The maximum absolute atomic E-state index is 9.29. The first-order valence-corrected chi connectivity index (χ1v) is 21.4. The summed E-state index contributed by atoms with van der Waals surface area (Å²) in [5.41, 5.74) is 9.20. The molecule has 0 atom stereocenters. The summed E-state index contributed by atoms with van der Waals surface area (Å²) < 4.78 is 109. The lowest BCUT2D eigenvalue weighted by Gasteiger charge is -2.30. The van der Waals surface area contributed by atoms with Gasteiger partial charge < -0.3 is 9.80 Å². The number of hydrogen-bond acceptors (Lipinski definition) is 3. The zero-order valence-corrected chi connectivity index (χ0v) is 36.9. The lowest BCUT2D eigenvalue weighted by atomic mass is 9.82. The van der Waals surface area contributed by atoms with Crippen LogP contribution in [0.2, 0.25) is 0 Å². The van der Waals surface area contributed by atoms with Crippen molar-refractivity contribution in [1.82, 2.24) is 9.55 Å². The fourth-order valence-electron chi connectivity index (χ4n) is 8.83. The van der Waals surface area contributed by atoms with Gasteiger partial charge in [0, 0.05) is 33.8 Å². The molecule has 0 radical (unpaired) electrons. The fourth-order valence-corrected chi connectivity index (χ4v) is 8.83. The first kappa shape index (κ1) is 28.6.